The van der Waals surface area contributed by atoms with Gasteiger partial charge < -0.3 is 0 Å². The molecule has 0 unspecified atom stereocenters. The second kappa shape index (κ2) is 6.55. The van der Waals surface area contributed by atoms with E-state index in [9.17, 15) is 0 Å². The molecule has 0 saturated carbocycles. The van der Waals surface area contributed by atoms with Crippen LogP contribution in [0, 0.1) is 0 Å². The Morgan fingerprint density at radius 1 is 0.889 bits per heavy atom. The Balaban J connectivity index is 2.10. The summed E-state index contributed by atoms with van der Waals surface area (Å²) in [6.07, 6.45) is 6.09. The molecule has 0 aliphatic heterocycles. The van der Waals surface area contributed by atoms with Crippen LogP contribution < -0.4 is 0 Å². The number of rotatable bonds is 4. The minimum atomic E-state index is 0.727. The standard InChI is InChI=1S/C17H17N/c1-2-8-16-11-6-7-12-17(16)14-18-13-15-9-4-3-5-10-15/h2-12,14H,13H2,1H3/b8-2-,18-14?. The highest BCUT2D eigenvalue weighted by molar-refractivity contribution is 5.85. The van der Waals surface area contributed by atoms with Crippen molar-refractivity contribution in [3.63, 3.8) is 0 Å². The maximum atomic E-state index is 4.50. The maximum absolute atomic E-state index is 4.50. The third kappa shape index (κ3) is 3.42. The van der Waals surface area contributed by atoms with Crippen molar-refractivity contribution in [1.29, 1.82) is 0 Å². The van der Waals surface area contributed by atoms with Gasteiger partial charge in [0.2, 0.25) is 0 Å². The summed E-state index contributed by atoms with van der Waals surface area (Å²) >= 11 is 0. The largest absolute Gasteiger partial charge is 0.288 e. The van der Waals surface area contributed by atoms with Crippen molar-refractivity contribution in [2.75, 3.05) is 0 Å². The number of hydrogen-bond acceptors (Lipinski definition) is 1. The molecule has 0 fully saturated rings. The van der Waals surface area contributed by atoms with Crippen LogP contribution in [0.25, 0.3) is 6.08 Å². The molecule has 0 N–H and O–H groups in total. The summed E-state index contributed by atoms with van der Waals surface area (Å²) in [6, 6.07) is 18.6. The number of benzene rings is 2. The smallest absolute Gasteiger partial charge is 0.0639 e. The van der Waals surface area contributed by atoms with Crippen LogP contribution >= 0.6 is 0 Å². The van der Waals surface area contributed by atoms with Crippen molar-refractivity contribution >= 4 is 12.3 Å². The summed E-state index contributed by atoms with van der Waals surface area (Å²) in [5.74, 6) is 0. The molecule has 18 heavy (non-hydrogen) atoms. The summed E-state index contributed by atoms with van der Waals surface area (Å²) < 4.78 is 0. The molecule has 2 aromatic rings. The van der Waals surface area contributed by atoms with E-state index in [0.29, 0.717) is 0 Å². The molecule has 90 valence electrons. The fourth-order valence-electron chi connectivity index (χ4n) is 1.79. The molecule has 0 aromatic heterocycles. The minimum absolute atomic E-state index is 0.727. The van der Waals surface area contributed by atoms with Crippen LogP contribution in [0.5, 0.6) is 0 Å². The molecule has 1 heteroatoms. The Kier molecular flexibility index (Phi) is 4.48. The van der Waals surface area contributed by atoms with Gasteiger partial charge in [0.1, 0.15) is 0 Å². The lowest BCUT2D eigenvalue weighted by Crippen LogP contribution is -1.87. The molecule has 2 aromatic carbocycles. The molecule has 2 rings (SSSR count). The third-order valence-electron chi connectivity index (χ3n) is 2.69. The van der Waals surface area contributed by atoms with E-state index in [0.717, 1.165) is 12.1 Å². The Morgan fingerprint density at radius 3 is 2.28 bits per heavy atom. The lowest BCUT2D eigenvalue weighted by Gasteiger charge is -2.00. The predicted octanol–water partition coefficient (Wildman–Crippen LogP) is 4.34. The van der Waals surface area contributed by atoms with Gasteiger partial charge in [0.05, 0.1) is 6.54 Å². The topological polar surface area (TPSA) is 12.4 Å². The van der Waals surface area contributed by atoms with E-state index in [2.05, 4.69) is 35.3 Å². The van der Waals surface area contributed by atoms with Crippen molar-refractivity contribution in [3.05, 3.63) is 77.4 Å². The molecule has 1 nitrogen and oxygen atoms in total. The zero-order valence-corrected chi connectivity index (χ0v) is 10.6. The van der Waals surface area contributed by atoms with Crippen molar-refractivity contribution in [2.24, 2.45) is 4.99 Å². The fourth-order valence-corrected chi connectivity index (χ4v) is 1.79. The Labute approximate surface area is 109 Å². The molecule has 0 amide bonds. The van der Waals surface area contributed by atoms with Gasteiger partial charge in [-0.15, -0.1) is 0 Å². The van der Waals surface area contributed by atoms with E-state index in [4.69, 9.17) is 0 Å². The molecule has 0 atom stereocenters. The third-order valence-corrected chi connectivity index (χ3v) is 2.69. The Morgan fingerprint density at radius 2 is 1.56 bits per heavy atom. The second-order valence-electron chi connectivity index (χ2n) is 4.08. The van der Waals surface area contributed by atoms with E-state index in [-0.39, 0.29) is 0 Å². The van der Waals surface area contributed by atoms with Gasteiger partial charge in [-0.25, -0.2) is 0 Å². The van der Waals surface area contributed by atoms with E-state index >= 15 is 0 Å². The summed E-state index contributed by atoms with van der Waals surface area (Å²) in [7, 11) is 0. The van der Waals surface area contributed by atoms with Gasteiger partial charge in [-0.05, 0) is 23.6 Å². The molecular weight excluding hydrogens is 218 g/mol. The molecule has 0 aliphatic rings. The van der Waals surface area contributed by atoms with E-state index in [1.807, 2.05) is 49.5 Å². The quantitative estimate of drug-likeness (QED) is 0.699. The molecule has 0 radical (unpaired) electrons. The highest BCUT2D eigenvalue weighted by Crippen LogP contribution is 2.09. The first-order valence-corrected chi connectivity index (χ1v) is 6.15. The predicted molar refractivity (Wildman–Crippen MR) is 78.9 cm³/mol. The molecule has 0 aliphatic carbocycles. The first kappa shape index (κ1) is 12.3. The van der Waals surface area contributed by atoms with Crippen LogP contribution in [0.4, 0.5) is 0 Å². The van der Waals surface area contributed by atoms with E-state index in [1.54, 1.807) is 0 Å². The fraction of sp³-hybridized carbons (Fsp3) is 0.118. The zero-order valence-electron chi connectivity index (χ0n) is 10.6. The summed E-state index contributed by atoms with van der Waals surface area (Å²) in [5, 5.41) is 0. The van der Waals surface area contributed by atoms with Gasteiger partial charge in [0.25, 0.3) is 0 Å². The number of hydrogen-bond donors (Lipinski definition) is 0. The highest BCUT2D eigenvalue weighted by Gasteiger charge is 1.94. The van der Waals surface area contributed by atoms with Gasteiger partial charge in [0.15, 0.2) is 0 Å². The van der Waals surface area contributed by atoms with Crippen LogP contribution in [-0.4, -0.2) is 6.21 Å². The Hall–Kier alpha value is -2.15. The van der Waals surface area contributed by atoms with Crippen LogP contribution in [-0.2, 0) is 6.54 Å². The van der Waals surface area contributed by atoms with Crippen LogP contribution in [0.15, 0.2) is 65.7 Å². The van der Waals surface area contributed by atoms with E-state index < -0.39 is 0 Å². The lowest BCUT2D eigenvalue weighted by molar-refractivity contribution is 1.08. The van der Waals surface area contributed by atoms with Gasteiger partial charge in [-0.2, -0.15) is 0 Å². The summed E-state index contributed by atoms with van der Waals surface area (Å²) in [4.78, 5) is 4.50. The molecule has 0 saturated heterocycles. The second-order valence-corrected chi connectivity index (χ2v) is 4.08. The summed E-state index contributed by atoms with van der Waals surface area (Å²) in [6.45, 7) is 2.75. The van der Waals surface area contributed by atoms with Crippen LogP contribution in [0.2, 0.25) is 0 Å². The number of aliphatic imine (C=N–C) groups is 1. The molecule has 0 bridgehead atoms. The summed E-state index contributed by atoms with van der Waals surface area (Å²) in [5.41, 5.74) is 3.60. The maximum Gasteiger partial charge on any atom is 0.0639 e. The van der Waals surface area contributed by atoms with Crippen molar-refractivity contribution in [1.82, 2.24) is 0 Å². The first-order valence-electron chi connectivity index (χ1n) is 6.15. The average molecular weight is 235 g/mol. The Bertz CT molecular complexity index is 539. The van der Waals surface area contributed by atoms with Gasteiger partial charge >= 0.3 is 0 Å². The minimum Gasteiger partial charge on any atom is -0.288 e. The van der Waals surface area contributed by atoms with Gasteiger partial charge in [-0.1, -0.05) is 66.7 Å². The lowest BCUT2D eigenvalue weighted by atomic mass is 10.1. The number of allylic oxidation sites excluding steroid dienone is 1. The van der Waals surface area contributed by atoms with Gasteiger partial charge in [0, 0.05) is 6.21 Å². The number of nitrogens with zero attached hydrogens (tertiary/aromatic N) is 1. The average Bonchev–Trinajstić information content (AvgIpc) is 2.42. The molecule has 0 spiro atoms. The van der Waals surface area contributed by atoms with Crippen molar-refractivity contribution < 1.29 is 0 Å². The normalized spacial score (nSPS) is 11.4. The van der Waals surface area contributed by atoms with Crippen LogP contribution in [0.3, 0.4) is 0 Å². The van der Waals surface area contributed by atoms with Crippen LogP contribution in [0.1, 0.15) is 23.6 Å². The molecule has 0 heterocycles. The highest BCUT2D eigenvalue weighted by atomic mass is 14.7. The monoisotopic (exact) mass is 235 g/mol. The molecular formula is C17H17N. The SMILES string of the molecule is C/C=C\c1ccccc1C=NCc1ccccc1. The van der Waals surface area contributed by atoms with Gasteiger partial charge in [-0.3, -0.25) is 4.99 Å². The van der Waals surface area contributed by atoms with Crippen molar-refractivity contribution in [2.45, 2.75) is 13.5 Å². The zero-order chi connectivity index (χ0) is 12.6. The first-order chi connectivity index (χ1) is 8.90. The van der Waals surface area contributed by atoms with Crippen molar-refractivity contribution in [3.8, 4) is 0 Å². The van der Waals surface area contributed by atoms with E-state index in [1.165, 1.54) is 11.1 Å².